The molecule has 1 aromatic carbocycles. The molecule has 0 unspecified atom stereocenters. The number of piperidine rings is 1. The first-order valence-electron chi connectivity index (χ1n) is 7.84. The summed E-state index contributed by atoms with van der Waals surface area (Å²) in [5.41, 5.74) is 2.38. The zero-order valence-corrected chi connectivity index (χ0v) is 13.2. The molecule has 0 saturated carbocycles. The van der Waals surface area contributed by atoms with Crippen molar-refractivity contribution in [2.75, 3.05) is 32.1 Å². The van der Waals surface area contributed by atoms with Gasteiger partial charge in [-0.15, -0.1) is 0 Å². The zero-order chi connectivity index (χ0) is 14.8. The standard InChI is InChI=1S/C17H24N4/c1-4-13-5-6-16-15(11-13)17(19-12-18-16)21(3)14-7-9-20(2)10-8-14/h5-6,11-12,14H,4,7-10H2,1-3H3. The smallest absolute Gasteiger partial charge is 0.139 e. The summed E-state index contributed by atoms with van der Waals surface area (Å²) in [6, 6.07) is 7.09. The second kappa shape index (κ2) is 5.98. The van der Waals surface area contributed by atoms with E-state index in [1.54, 1.807) is 6.33 Å². The van der Waals surface area contributed by atoms with Crippen molar-refractivity contribution in [3.05, 3.63) is 30.1 Å². The fourth-order valence-electron chi connectivity index (χ4n) is 3.15. The predicted molar refractivity (Wildman–Crippen MR) is 87.8 cm³/mol. The summed E-state index contributed by atoms with van der Waals surface area (Å²) >= 11 is 0. The van der Waals surface area contributed by atoms with Crippen LogP contribution < -0.4 is 4.90 Å². The van der Waals surface area contributed by atoms with Crippen LogP contribution in [-0.2, 0) is 6.42 Å². The van der Waals surface area contributed by atoms with Crippen LogP contribution in [0.4, 0.5) is 5.82 Å². The summed E-state index contributed by atoms with van der Waals surface area (Å²) in [5.74, 6) is 1.07. The molecule has 0 bridgehead atoms. The van der Waals surface area contributed by atoms with E-state index in [4.69, 9.17) is 0 Å². The number of rotatable bonds is 3. The van der Waals surface area contributed by atoms with E-state index in [9.17, 15) is 0 Å². The average molecular weight is 284 g/mol. The van der Waals surface area contributed by atoms with Gasteiger partial charge >= 0.3 is 0 Å². The Morgan fingerprint density at radius 3 is 2.71 bits per heavy atom. The van der Waals surface area contributed by atoms with Gasteiger partial charge in [0.2, 0.25) is 0 Å². The van der Waals surface area contributed by atoms with Gasteiger partial charge in [0.15, 0.2) is 0 Å². The van der Waals surface area contributed by atoms with Crippen LogP contribution in [0.15, 0.2) is 24.5 Å². The van der Waals surface area contributed by atoms with Crippen molar-refractivity contribution >= 4 is 16.7 Å². The van der Waals surface area contributed by atoms with Crippen LogP contribution in [0, 0.1) is 0 Å². The van der Waals surface area contributed by atoms with Gasteiger partial charge in [0.05, 0.1) is 5.52 Å². The first-order valence-corrected chi connectivity index (χ1v) is 7.84. The summed E-state index contributed by atoms with van der Waals surface area (Å²) in [7, 11) is 4.38. The fourth-order valence-corrected chi connectivity index (χ4v) is 3.15. The van der Waals surface area contributed by atoms with E-state index in [2.05, 4.69) is 59.0 Å². The van der Waals surface area contributed by atoms with Gasteiger partial charge in [0.1, 0.15) is 12.1 Å². The third-order valence-corrected chi connectivity index (χ3v) is 4.66. The molecule has 2 heterocycles. The lowest BCUT2D eigenvalue weighted by Crippen LogP contribution is -2.42. The minimum atomic E-state index is 0.574. The zero-order valence-electron chi connectivity index (χ0n) is 13.2. The van der Waals surface area contributed by atoms with Gasteiger partial charge in [-0.1, -0.05) is 13.0 Å². The third kappa shape index (κ3) is 2.86. The van der Waals surface area contributed by atoms with E-state index in [0.29, 0.717) is 6.04 Å². The molecule has 0 atom stereocenters. The van der Waals surface area contributed by atoms with E-state index >= 15 is 0 Å². The van der Waals surface area contributed by atoms with E-state index in [1.165, 1.54) is 23.8 Å². The largest absolute Gasteiger partial charge is 0.356 e. The molecule has 4 nitrogen and oxygen atoms in total. The lowest BCUT2D eigenvalue weighted by atomic mass is 10.0. The van der Waals surface area contributed by atoms with Crippen molar-refractivity contribution in [2.45, 2.75) is 32.2 Å². The monoisotopic (exact) mass is 284 g/mol. The third-order valence-electron chi connectivity index (χ3n) is 4.66. The molecule has 3 rings (SSSR count). The molecule has 0 aliphatic carbocycles. The van der Waals surface area contributed by atoms with E-state index in [1.807, 2.05) is 0 Å². The molecule has 1 fully saturated rings. The van der Waals surface area contributed by atoms with Gasteiger partial charge in [-0.05, 0) is 57.1 Å². The summed E-state index contributed by atoms with van der Waals surface area (Å²) < 4.78 is 0. The van der Waals surface area contributed by atoms with Gasteiger partial charge in [-0.25, -0.2) is 9.97 Å². The first-order chi connectivity index (χ1) is 10.2. The van der Waals surface area contributed by atoms with Crippen LogP contribution in [-0.4, -0.2) is 48.1 Å². The molecular formula is C17H24N4. The minimum Gasteiger partial charge on any atom is -0.356 e. The Kier molecular flexibility index (Phi) is 4.06. The first kappa shape index (κ1) is 14.3. The summed E-state index contributed by atoms with van der Waals surface area (Å²) in [6.45, 7) is 4.52. The Morgan fingerprint density at radius 2 is 2.00 bits per heavy atom. The summed E-state index contributed by atoms with van der Waals surface area (Å²) in [5, 5.41) is 1.18. The van der Waals surface area contributed by atoms with E-state index in [-0.39, 0.29) is 0 Å². The number of aryl methyl sites for hydroxylation is 1. The van der Waals surface area contributed by atoms with Gasteiger partial charge in [-0.3, -0.25) is 0 Å². The quantitative estimate of drug-likeness (QED) is 0.867. The molecule has 2 aromatic rings. The van der Waals surface area contributed by atoms with Crippen molar-refractivity contribution in [1.82, 2.24) is 14.9 Å². The molecule has 1 aliphatic rings. The Balaban J connectivity index is 1.95. The molecule has 1 aliphatic heterocycles. The number of fused-ring (bicyclic) bond motifs is 1. The van der Waals surface area contributed by atoms with E-state index in [0.717, 1.165) is 30.8 Å². The summed E-state index contributed by atoms with van der Waals surface area (Å²) in [6.07, 6.45) is 5.13. The van der Waals surface area contributed by atoms with Crippen LogP contribution in [0.3, 0.4) is 0 Å². The highest BCUT2D eigenvalue weighted by molar-refractivity contribution is 5.89. The van der Waals surface area contributed by atoms with Crippen molar-refractivity contribution in [2.24, 2.45) is 0 Å². The number of nitrogens with zero attached hydrogens (tertiary/aromatic N) is 4. The second-order valence-corrected chi connectivity index (χ2v) is 6.05. The molecule has 0 N–H and O–H groups in total. The number of benzene rings is 1. The highest BCUT2D eigenvalue weighted by Crippen LogP contribution is 2.27. The van der Waals surface area contributed by atoms with Crippen molar-refractivity contribution in [3.63, 3.8) is 0 Å². The van der Waals surface area contributed by atoms with Gasteiger partial charge in [0, 0.05) is 18.5 Å². The molecule has 0 amide bonds. The average Bonchev–Trinajstić information content (AvgIpc) is 2.54. The molecule has 0 spiro atoms. The molecule has 1 saturated heterocycles. The molecule has 1 aromatic heterocycles. The topological polar surface area (TPSA) is 32.3 Å². The van der Waals surface area contributed by atoms with Gasteiger partial charge in [-0.2, -0.15) is 0 Å². The predicted octanol–water partition coefficient (Wildman–Crippen LogP) is 2.72. The molecule has 0 radical (unpaired) electrons. The molecule has 21 heavy (non-hydrogen) atoms. The minimum absolute atomic E-state index is 0.574. The highest BCUT2D eigenvalue weighted by atomic mass is 15.2. The maximum atomic E-state index is 4.58. The Bertz CT molecular complexity index is 617. The number of hydrogen-bond acceptors (Lipinski definition) is 4. The second-order valence-electron chi connectivity index (χ2n) is 6.05. The number of likely N-dealkylation sites (tertiary alicyclic amines) is 1. The van der Waals surface area contributed by atoms with E-state index < -0.39 is 0 Å². The normalized spacial score (nSPS) is 17.3. The van der Waals surface area contributed by atoms with Gasteiger partial charge < -0.3 is 9.80 Å². The van der Waals surface area contributed by atoms with Gasteiger partial charge in [0.25, 0.3) is 0 Å². The lowest BCUT2D eigenvalue weighted by molar-refractivity contribution is 0.252. The van der Waals surface area contributed by atoms with Crippen molar-refractivity contribution in [1.29, 1.82) is 0 Å². The van der Waals surface area contributed by atoms with Crippen LogP contribution >= 0.6 is 0 Å². The SMILES string of the molecule is CCc1ccc2ncnc(N(C)C3CCN(C)CC3)c2c1. The van der Waals surface area contributed by atoms with Crippen LogP contribution in [0.5, 0.6) is 0 Å². The highest BCUT2D eigenvalue weighted by Gasteiger charge is 2.22. The lowest BCUT2D eigenvalue weighted by Gasteiger charge is -2.36. The Morgan fingerprint density at radius 1 is 1.24 bits per heavy atom. The maximum Gasteiger partial charge on any atom is 0.139 e. The summed E-state index contributed by atoms with van der Waals surface area (Å²) in [4.78, 5) is 13.7. The number of hydrogen-bond donors (Lipinski definition) is 0. The molecule has 112 valence electrons. The molecular weight excluding hydrogens is 260 g/mol. The Hall–Kier alpha value is -1.68. The maximum absolute atomic E-state index is 4.58. The van der Waals surface area contributed by atoms with Crippen molar-refractivity contribution in [3.8, 4) is 0 Å². The van der Waals surface area contributed by atoms with Crippen molar-refractivity contribution < 1.29 is 0 Å². The van der Waals surface area contributed by atoms with Crippen LogP contribution in [0.1, 0.15) is 25.3 Å². The molecule has 4 heteroatoms. The van der Waals surface area contributed by atoms with Crippen LogP contribution in [0.2, 0.25) is 0 Å². The Labute approximate surface area is 126 Å². The number of anilines is 1. The number of aromatic nitrogens is 2. The fraction of sp³-hybridized carbons (Fsp3) is 0.529. The van der Waals surface area contributed by atoms with Crippen LogP contribution in [0.25, 0.3) is 10.9 Å².